The van der Waals surface area contributed by atoms with E-state index in [9.17, 15) is 9.59 Å². The standard InChI is InChI=1S/C9H11N5O4/c10-9-12-7-6(8(16)13-9)11-3-14(7)4-17-1-2-18-5-15/h3,5H,1-2,4H2,(H3,10,12,13,16). The molecule has 0 atom stereocenters. The van der Waals surface area contributed by atoms with Gasteiger partial charge in [0.2, 0.25) is 5.95 Å². The molecule has 0 saturated heterocycles. The lowest BCUT2D eigenvalue weighted by atomic mass is 10.5. The third-order valence-electron chi connectivity index (χ3n) is 2.14. The summed E-state index contributed by atoms with van der Waals surface area (Å²) in [5.74, 6) is 0.0125. The van der Waals surface area contributed by atoms with Crippen LogP contribution < -0.4 is 11.3 Å². The first-order chi connectivity index (χ1) is 8.72. The van der Waals surface area contributed by atoms with E-state index in [-0.39, 0.29) is 31.4 Å². The van der Waals surface area contributed by atoms with Gasteiger partial charge in [-0.15, -0.1) is 0 Å². The van der Waals surface area contributed by atoms with E-state index in [4.69, 9.17) is 10.5 Å². The van der Waals surface area contributed by atoms with Crippen LogP contribution in [0.15, 0.2) is 11.1 Å². The van der Waals surface area contributed by atoms with E-state index in [1.807, 2.05) is 0 Å². The number of nitrogens with zero attached hydrogens (tertiary/aromatic N) is 3. The molecule has 0 unspecified atom stereocenters. The monoisotopic (exact) mass is 253 g/mol. The summed E-state index contributed by atoms with van der Waals surface area (Å²) in [6.45, 7) is 0.871. The van der Waals surface area contributed by atoms with Crippen LogP contribution in [0.3, 0.4) is 0 Å². The minimum atomic E-state index is -0.402. The molecule has 9 nitrogen and oxygen atoms in total. The van der Waals surface area contributed by atoms with E-state index in [2.05, 4.69) is 19.7 Å². The van der Waals surface area contributed by atoms with E-state index in [1.54, 1.807) is 0 Å². The summed E-state index contributed by atoms with van der Waals surface area (Å²) in [7, 11) is 0. The first-order valence-corrected chi connectivity index (χ1v) is 5.06. The van der Waals surface area contributed by atoms with Gasteiger partial charge in [-0.3, -0.25) is 19.1 Å². The SMILES string of the molecule is Nc1nc2c(ncn2COCCOC=O)c(=O)[nH]1. The summed E-state index contributed by atoms with van der Waals surface area (Å²) in [5, 5.41) is 0. The average Bonchev–Trinajstić information content (AvgIpc) is 2.72. The highest BCUT2D eigenvalue weighted by atomic mass is 16.5. The molecule has 0 spiro atoms. The number of hydrogen-bond acceptors (Lipinski definition) is 7. The highest BCUT2D eigenvalue weighted by Gasteiger charge is 2.08. The molecule has 18 heavy (non-hydrogen) atoms. The fraction of sp³-hybridized carbons (Fsp3) is 0.333. The van der Waals surface area contributed by atoms with E-state index in [1.165, 1.54) is 10.9 Å². The van der Waals surface area contributed by atoms with Gasteiger partial charge in [-0.25, -0.2) is 4.98 Å². The van der Waals surface area contributed by atoms with Crippen LogP contribution in [0.4, 0.5) is 5.95 Å². The van der Waals surface area contributed by atoms with E-state index < -0.39 is 5.56 Å². The molecule has 96 valence electrons. The van der Waals surface area contributed by atoms with Crippen molar-refractivity contribution in [3.63, 3.8) is 0 Å². The lowest BCUT2D eigenvalue weighted by Gasteiger charge is -2.04. The number of nitrogen functional groups attached to an aromatic ring is 1. The number of aromatic nitrogens is 4. The summed E-state index contributed by atoms with van der Waals surface area (Å²) < 4.78 is 11.2. The van der Waals surface area contributed by atoms with Crippen molar-refractivity contribution in [3.05, 3.63) is 16.7 Å². The Labute approximate surface area is 101 Å². The van der Waals surface area contributed by atoms with Gasteiger partial charge in [0.15, 0.2) is 11.2 Å². The molecule has 3 N–H and O–H groups in total. The van der Waals surface area contributed by atoms with Crippen LogP contribution in [0.25, 0.3) is 11.2 Å². The molecular formula is C9H11N5O4. The Morgan fingerprint density at radius 2 is 2.33 bits per heavy atom. The number of imidazole rings is 1. The van der Waals surface area contributed by atoms with Crippen LogP contribution in [-0.2, 0) is 21.0 Å². The third-order valence-corrected chi connectivity index (χ3v) is 2.14. The van der Waals surface area contributed by atoms with Crippen LogP contribution in [0.1, 0.15) is 0 Å². The molecule has 0 bridgehead atoms. The minimum Gasteiger partial charge on any atom is -0.465 e. The first-order valence-electron chi connectivity index (χ1n) is 5.06. The molecule has 0 fully saturated rings. The number of nitrogens with two attached hydrogens (primary N) is 1. The lowest BCUT2D eigenvalue weighted by Crippen LogP contribution is -2.13. The highest BCUT2D eigenvalue weighted by molar-refractivity contribution is 5.70. The fourth-order valence-electron chi connectivity index (χ4n) is 1.38. The summed E-state index contributed by atoms with van der Waals surface area (Å²) in [6, 6.07) is 0. The normalized spacial score (nSPS) is 10.7. The van der Waals surface area contributed by atoms with Gasteiger partial charge in [-0.1, -0.05) is 0 Å². The molecule has 2 aromatic heterocycles. The topological polar surface area (TPSA) is 125 Å². The Kier molecular flexibility index (Phi) is 3.53. The zero-order chi connectivity index (χ0) is 13.0. The van der Waals surface area contributed by atoms with Crippen molar-refractivity contribution in [1.82, 2.24) is 19.5 Å². The van der Waals surface area contributed by atoms with Gasteiger partial charge in [-0.2, -0.15) is 4.98 Å². The Morgan fingerprint density at radius 1 is 1.50 bits per heavy atom. The third kappa shape index (κ3) is 2.46. The minimum absolute atomic E-state index is 0.0125. The number of rotatable bonds is 6. The fourth-order valence-corrected chi connectivity index (χ4v) is 1.38. The molecule has 9 heteroatoms. The lowest BCUT2D eigenvalue weighted by molar-refractivity contribution is -0.130. The smallest absolute Gasteiger partial charge is 0.293 e. The quantitative estimate of drug-likeness (QED) is 0.491. The van der Waals surface area contributed by atoms with E-state index in [0.29, 0.717) is 12.1 Å². The number of ether oxygens (including phenoxy) is 2. The Bertz CT molecular complexity index is 605. The largest absolute Gasteiger partial charge is 0.465 e. The zero-order valence-corrected chi connectivity index (χ0v) is 9.33. The number of carbonyl (C=O) groups is 1. The van der Waals surface area contributed by atoms with Crippen LogP contribution >= 0.6 is 0 Å². The second kappa shape index (κ2) is 5.27. The summed E-state index contributed by atoms with van der Waals surface area (Å²) in [4.78, 5) is 31.6. The molecule has 2 heterocycles. The molecule has 0 amide bonds. The summed E-state index contributed by atoms with van der Waals surface area (Å²) in [6.07, 6.45) is 1.42. The maximum atomic E-state index is 11.5. The van der Waals surface area contributed by atoms with Gasteiger partial charge in [0, 0.05) is 0 Å². The second-order valence-electron chi connectivity index (χ2n) is 3.34. The summed E-state index contributed by atoms with van der Waals surface area (Å²) >= 11 is 0. The maximum absolute atomic E-state index is 11.5. The van der Waals surface area contributed by atoms with Crippen molar-refractivity contribution >= 4 is 23.6 Å². The number of H-pyrrole nitrogens is 1. The van der Waals surface area contributed by atoms with Gasteiger partial charge in [0.1, 0.15) is 13.3 Å². The highest BCUT2D eigenvalue weighted by Crippen LogP contribution is 2.06. The van der Waals surface area contributed by atoms with Crippen molar-refractivity contribution in [1.29, 1.82) is 0 Å². The van der Waals surface area contributed by atoms with Crippen LogP contribution in [-0.4, -0.2) is 39.2 Å². The molecule has 0 aliphatic heterocycles. The number of carbonyl (C=O) groups excluding carboxylic acids is 1. The van der Waals surface area contributed by atoms with Crippen LogP contribution in [0, 0.1) is 0 Å². The predicted octanol–water partition coefficient (Wildman–Crippen LogP) is -1.15. The van der Waals surface area contributed by atoms with Crippen molar-refractivity contribution in [2.45, 2.75) is 6.73 Å². The number of nitrogens with one attached hydrogen (secondary N) is 1. The Balaban J connectivity index is 2.09. The Morgan fingerprint density at radius 3 is 3.11 bits per heavy atom. The number of fused-ring (bicyclic) bond motifs is 1. The summed E-state index contributed by atoms with van der Waals surface area (Å²) in [5.41, 5.74) is 5.57. The van der Waals surface area contributed by atoms with Gasteiger partial charge in [0.25, 0.3) is 12.0 Å². The van der Waals surface area contributed by atoms with Crippen molar-refractivity contribution in [2.24, 2.45) is 0 Å². The second-order valence-corrected chi connectivity index (χ2v) is 3.34. The Hall–Kier alpha value is -2.42. The number of hydrogen-bond donors (Lipinski definition) is 2. The van der Waals surface area contributed by atoms with Crippen molar-refractivity contribution in [2.75, 3.05) is 18.9 Å². The predicted molar refractivity (Wildman–Crippen MR) is 60.5 cm³/mol. The van der Waals surface area contributed by atoms with Crippen LogP contribution in [0.5, 0.6) is 0 Å². The van der Waals surface area contributed by atoms with Gasteiger partial charge >= 0.3 is 0 Å². The average molecular weight is 253 g/mol. The van der Waals surface area contributed by atoms with Gasteiger partial charge in [0.05, 0.1) is 12.9 Å². The van der Waals surface area contributed by atoms with E-state index in [0.717, 1.165) is 0 Å². The molecular weight excluding hydrogens is 242 g/mol. The molecule has 0 aliphatic rings. The molecule has 0 aromatic carbocycles. The number of aromatic amines is 1. The maximum Gasteiger partial charge on any atom is 0.293 e. The van der Waals surface area contributed by atoms with E-state index >= 15 is 0 Å². The molecule has 0 saturated carbocycles. The van der Waals surface area contributed by atoms with Gasteiger partial charge in [-0.05, 0) is 0 Å². The number of anilines is 1. The molecule has 0 aliphatic carbocycles. The molecule has 2 rings (SSSR count). The zero-order valence-electron chi connectivity index (χ0n) is 9.33. The molecule has 2 aromatic rings. The molecule has 0 radical (unpaired) electrons. The van der Waals surface area contributed by atoms with Crippen molar-refractivity contribution in [3.8, 4) is 0 Å². The van der Waals surface area contributed by atoms with Crippen LogP contribution in [0.2, 0.25) is 0 Å². The van der Waals surface area contributed by atoms with Gasteiger partial charge < -0.3 is 15.2 Å². The first kappa shape index (κ1) is 12.0. The van der Waals surface area contributed by atoms with Crippen molar-refractivity contribution < 1.29 is 14.3 Å².